The number of nitrogens with zero attached hydrogens (tertiary/aromatic N) is 3. The third-order valence-corrected chi connectivity index (χ3v) is 12.5. The molecular formula is C59H35N3O2. The Bertz CT molecular complexity index is 3930. The maximum absolute atomic E-state index is 6.61. The molecule has 0 saturated heterocycles. The van der Waals surface area contributed by atoms with Gasteiger partial charge in [-0.3, -0.25) is 0 Å². The molecule has 0 aliphatic heterocycles. The number of hydrogen-bond acceptors (Lipinski definition) is 5. The van der Waals surface area contributed by atoms with E-state index in [1.807, 2.05) is 42.5 Å². The van der Waals surface area contributed by atoms with Crippen molar-refractivity contribution in [1.82, 2.24) is 15.0 Å². The van der Waals surface area contributed by atoms with E-state index in [1.165, 1.54) is 0 Å². The lowest BCUT2D eigenvalue weighted by Gasteiger charge is -2.16. The summed E-state index contributed by atoms with van der Waals surface area (Å²) in [4.78, 5) is 15.7. The van der Waals surface area contributed by atoms with Gasteiger partial charge in [0.15, 0.2) is 5.82 Å². The van der Waals surface area contributed by atoms with E-state index >= 15 is 0 Å². The van der Waals surface area contributed by atoms with Crippen LogP contribution in [0.15, 0.2) is 221 Å². The van der Waals surface area contributed by atoms with Crippen molar-refractivity contribution in [1.29, 1.82) is 0 Å². The first-order valence-electron chi connectivity index (χ1n) is 21.5. The molecule has 0 amide bonds. The predicted octanol–water partition coefficient (Wildman–Crippen LogP) is 16.0. The molecule has 0 radical (unpaired) electrons. The van der Waals surface area contributed by atoms with Crippen LogP contribution in [0.3, 0.4) is 0 Å². The van der Waals surface area contributed by atoms with E-state index in [4.69, 9.17) is 23.8 Å². The maximum atomic E-state index is 6.61. The third-order valence-electron chi connectivity index (χ3n) is 12.5. The largest absolute Gasteiger partial charge is 0.456 e. The lowest BCUT2D eigenvalue weighted by molar-refractivity contribution is 0.669. The minimum Gasteiger partial charge on any atom is -0.456 e. The summed E-state index contributed by atoms with van der Waals surface area (Å²) in [6.07, 6.45) is 0. The average Bonchev–Trinajstić information content (AvgIpc) is 3.94. The molecule has 0 bridgehead atoms. The SMILES string of the molecule is c1ccc(-c2cc(-c3ccc(-c4cccc5c4oc4ccccc45)cc3)nc(-c3ccc(-c4nc5ccccc5c5c(-c6ccccc6)c6c(cc45)oc4ccccc46)cc3)n2)cc1. The molecule has 0 fully saturated rings. The molecule has 0 spiro atoms. The van der Waals surface area contributed by atoms with Gasteiger partial charge < -0.3 is 8.83 Å². The molecule has 0 unspecified atom stereocenters. The Labute approximate surface area is 367 Å². The minimum absolute atomic E-state index is 0.644. The second-order valence-electron chi connectivity index (χ2n) is 16.3. The summed E-state index contributed by atoms with van der Waals surface area (Å²) in [6.45, 7) is 0. The third kappa shape index (κ3) is 5.83. The number of benzene rings is 9. The number of para-hydroxylation sites is 4. The summed E-state index contributed by atoms with van der Waals surface area (Å²) in [7, 11) is 0. The highest BCUT2D eigenvalue weighted by Crippen LogP contribution is 2.46. The minimum atomic E-state index is 0.644. The molecule has 5 nitrogen and oxygen atoms in total. The maximum Gasteiger partial charge on any atom is 0.160 e. The van der Waals surface area contributed by atoms with Crippen LogP contribution < -0.4 is 0 Å². The highest BCUT2D eigenvalue weighted by Gasteiger charge is 2.22. The van der Waals surface area contributed by atoms with Crippen molar-refractivity contribution in [3.05, 3.63) is 212 Å². The van der Waals surface area contributed by atoms with Crippen molar-refractivity contribution in [2.24, 2.45) is 0 Å². The van der Waals surface area contributed by atoms with E-state index in [9.17, 15) is 0 Å². The van der Waals surface area contributed by atoms with E-state index in [0.29, 0.717) is 5.82 Å². The lowest BCUT2D eigenvalue weighted by atomic mass is 9.89. The van der Waals surface area contributed by atoms with Crippen molar-refractivity contribution in [2.75, 3.05) is 0 Å². The van der Waals surface area contributed by atoms with Gasteiger partial charge in [-0.15, -0.1) is 0 Å². The van der Waals surface area contributed by atoms with E-state index in [1.54, 1.807) is 0 Å². The first-order valence-corrected chi connectivity index (χ1v) is 21.5. The Morgan fingerprint density at radius 2 is 0.875 bits per heavy atom. The Kier molecular flexibility index (Phi) is 8.15. The van der Waals surface area contributed by atoms with Gasteiger partial charge in [-0.1, -0.05) is 182 Å². The Morgan fingerprint density at radius 1 is 0.312 bits per heavy atom. The Morgan fingerprint density at radius 3 is 1.62 bits per heavy atom. The second-order valence-corrected chi connectivity index (χ2v) is 16.3. The molecule has 5 heteroatoms. The zero-order chi connectivity index (χ0) is 42.1. The van der Waals surface area contributed by atoms with Crippen molar-refractivity contribution in [3.8, 4) is 67.4 Å². The molecule has 13 rings (SSSR count). The summed E-state index contributed by atoms with van der Waals surface area (Å²) in [5, 5.41) is 7.72. The van der Waals surface area contributed by atoms with Crippen LogP contribution in [0.1, 0.15) is 0 Å². The second kappa shape index (κ2) is 14.5. The van der Waals surface area contributed by atoms with Crippen LogP contribution in [-0.2, 0) is 0 Å². The topological polar surface area (TPSA) is 65.0 Å². The first kappa shape index (κ1) is 36.0. The van der Waals surface area contributed by atoms with Crippen LogP contribution in [0.2, 0.25) is 0 Å². The van der Waals surface area contributed by atoms with Crippen LogP contribution in [0.25, 0.3) is 133 Å². The molecule has 64 heavy (non-hydrogen) atoms. The van der Waals surface area contributed by atoms with Crippen molar-refractivity contribution < 1.29 is 8.83 Å². The van der Waals surface area contributed by atoms with Gasteiger partial charge in [-0.05, 0) is 41.5 Å². The van der Waals surface area contributed by atoms with Gasteiger partial charge in [0.05, 0.1) is 22.6 Å². The van der Waals surface area contributed by atoms with Crippen LogP contribution >= 0.6 is 0 Å². The number of pyridine rings is 1. The van der Waals surface area contributed by atoms with Crippen molar-refractivity contribution >= 4 is 65.6 Å². The standard InChI is InChI=1S/C59H35N3O2/c1-3-14-37(15-4-1)49-35-50(38-28-26-36(27-29-38)42-21-13-22-44-43-18-8-11-24-51(43)64-58(42)44)62-59(61-49)41-32-30-40(31-33-41)57-47-34-53-56(46-20-9-12-25-52(46)63-53)54(39-16-5-2-6-17-39)55(47)45-19-7-10-23-48(45)60-57/h1-35H. The molecule has 0 atom stereocenters. The summed E-state index contributed by atoms with van der Waals surface area (Å²) in [5.41, 5.74) is 15.3. The number of aromatic nitrogens is 3. The van der Waals surface area contributed by atoms with Gasteiger partial charge in [0, 0.05) is 71.1 Å². The fraction of sp³-hybridized carbons (Fsp3) is 0. The quantitative estimate of drug-likeness (QED) is 0.156. The molecule has 298 valence electrons. The smallest absolute Gasteiger partial charge is 0.160 e. The highest BCUT2D eigenvalue weighted by molar-refractivity contribution is 6.27. The van der Waals surface area contributed by atoms with Gasteiger partial charge in [-0.25, -0.2) is 15.0 Å². The predicted molar refractivity (Wildman–Crippen MR) is 262 cm³/mol. The van der Waals surface area contributed by atoms with Gasteiger partial charge in [0.2, 0.25) is 0 Å². The van der Waals surface area contributed by atoms with E-state index in [2.05, 4.69) is 170 Å². The fourth-order valence-electron chi connectivity index (χ4n) is 9.48. The molecular weight excluding hydrogens is 783 g/mol. The number of furan rings is 2. The zero-order valence-corrected chi connectivity index (χ0v) is 34.4. The molecule has 9 aromatic carbocycles. The summed E-state index contributed by atoms with van der Waals surface area (Å²) >= 11 is 0. The molecule has 4 heterocycles. The summed E-state index contributed by atoms with van der Waals surface area (Å²) in [6, 6.07) is 73.6. The fourth-order valence-corrected chi connectivity index (χ4v) is 9.48. The number of hydrogen-bond donors (Lipinski definition) is 0. The average molecular weight is 818 g/mol. The van der Waals surface area contributed by atoms with Gasteiger partial charge in [-0.2, -0.15) is 0 Å². The Hall–Kier alpha value is -8.67. The van der Waals surface area contributed by atoms with Crippen LogP contribution in [0.4, 0.5) is 0 Å². The molecule has 0 aliphatic rings. The van der Waals surface area contributed by atoms with Crippen molar-refractivity contribution in [3.63, 3.8) is 0 Å². The van der Waals surface area contributed by atoms with Gasteiger partial charge in [0.25, 0.3) is 0 Å². The normalized spacial score (nSPS) is 11.8. The molecule has 4 aromatic heterocycles. The summed E-state index contributed by atoms with van der Waals surface area (Å²) in [5.74, 6) is 0.644. The van der Waals surface area contributed by atoms with Gasteiger partial charge >= 0.3 is 0 Å². The molecule has 13 aromatic rings. The zero-order valence-electron chi connectivity index (χ0n) is 34.4. The van der Waals surface area contributed by atoms with Crippen LogP contribution in [0, 0.1) is 0 Å². The number of rotatable bonds is 6. The first-order chi connectivity index (χ1) is 31.7. The van der Waals surface area contributed by atoms with E-state index in [-0.39, 0.29) is 0 Å². The van der Waals surface area contributed by atoms with Crippen molar-refractivity contribution in [2.45, 2.75) is 0 Å². The van der Waals surface area contributed by atoms with Crippen LogP contribution in [0.5, 0.6) is 0 Å². The molecule has 0 aliphatic carbocycles. The molecule has 0 N–H and O–H groups in total. The Balaban J connectivity index is 0.943. The summed E-state index contributed by atoms with van der Waals surface area (Å²) < 4.78 is 13.0. The van der Waals surface area contributed by atoms with E-state index < -0.39 is 0 Å². The van der Waals surface area contributed by atoms with E-state index in [0.717, 1.165) is 127 Å². The molecule has 0 saturated carbocycles. The van der Waals surface area contributed by atoms with Gasteiger partial charge in [0.1, 0.15) is 22.3 Å². The lowest BCUT2D eigenvalue weighted by Crippen LogP contribution is -1.96. The number of fused-ring (bicyclic) bond motifs is 9. The monoisotopic (exact) mass is 817 g/mol. The van der Waals surface area contributed by atoms with Crippen LogP contribution in [-0.4, -0.2) is 15.0 Å². The highest BCUT2D eigenvalue weighted by atomic mass is 16.3.